The van der Waals surface area contributed by atoms with E-state index in [0.717, 1.165) is 4.47 Å². The van der Waals surface area contributed by atoms with Crippen molar-refractivity contribution in [3.05, 3.63) is 82.1 Å². The van der Waals surface area contributed by atoms with E-state index in [9.17, 15) is 9.59 Å². The van der Waals surface area contributed by atoms with Crippen molar-refractivity contribution in [2.75, 3.05) is 5.32 Å². The van der Waals surface area contributed by atoms with Crippen LogP contribution in [0.3, 0.4) is 0 Å². The number of anilines is 1. The van der Waals surface area contributed by atoms with E-state index < -0.39 is 0 Å². The van der Waals surface area contributed by atoms with Crippen molar-refractivity contribution < 1.29 is 9.59 Å². The molecule has 0 aliphatic heterocycles. The number of hydrogen-bond acceptors (Lipinski definition) is 3. The van der Waals surface area contributed by atoms with Gasteiger partial charge in [-0.05, 0) is 48.5 Å². The van der Waals surface area contributed by atoms with Gasteiger partial charge < -0.3 is 9.88 Å². The van der Waals surface area contributed by atoms with Crippen LogP contribution >= 0.6 is 15.9 Å². The van der Waals surface area contributed by atoms with Gasteiger partial charge in [0.1, 0.15) is 5.69 Å². The number of benzene rings is 2. The van der Waals surface area contributed by atoms with Crippen LogP contribution in [0.15, 0.2) is 65.3 Å². The molecule has 0 aliphatic carbocycles. The number of halogens is 1. The lowest BCUT2D eigenvalue weighted by atomic mass is 10.2. The van der Waals surface area contributed by atoms with Crippen LogP contribution in [0.1, 0.15) is 26.4 Å². The number of nitrogens with zero attached hydrogens (tertiary/aromatic N) is 2. The molecule has 3 rings (SSSR count). The van der Waals surface area contributed by atoms with Crippen LogP contribution in [0.5, 0.6) is 0 Å². The molecule has 0 atom stereocenters. The number of nitrogens with one attached hydrogen (secondary N) is 1. The number of aldehydes is 1. The van der Waals surface area contributed by atoms with Crippen molar-refractivity contribution in [3.63, 3.8) is 0 Å². The summed E-state index contributed by atoms with van der Waals surface area (Å²) in [5, 5.41) is 11.8. The van der Waals surface area contributed by atoms with Crippen LogP contribution in [0.4, 0.5) is 5.69 Å². The minimum Gasteiger partial charge on any atom is -0.320 e. The average Bonchev–Trinajstić information content (AvgIpc) is 3.04. The predicted octanol–water partition coefficient (Wildman–Crippen LogP) is 4.18. The lowest BCUT2D eigenvalue weighted by Crippen LogP contribution is -2.13. The van der Waals surface area contributed by atoms with Crippen molar-refractivity contribution in [2.45, 2.75) is 0 Å². The molecule has 5 nitrogen and oxygen atoms in total. The van der Waals surface area contributed by atoms with Crippen LogP contribution in [-0.2, 0) is 0 Å². The van der Waals surface area contributed by atoms with Crippen LogP contribution < -0.4 is 5.32 Å². The standard InChI is InChI=1S/C19H12BrN3O2/c20-15-6-4-14(5-7-15)19(25)22-17-8-9-23(18(17)12-24)16-3-1-2-13(10-16)11-21/h1-10,12H,(H,22,25). The fraction of sp³-hybridized carbons (Fsp3) is 0. The van der Waals surface area contributed by atoms with Gasteiger partial charge in [0.15, 0.2) is 6.29 Å². The quantitative estimate of drug-likeness (QED) is 0.675. The van der Waals surface area contributed by atoms with Gasteiger partial charge >= 0.3 is 0 Å². The molecule has 6 heteroatoms. The van der Waals surface area contributed by atoms with Crippen LogP contribution in [-0.4, -0.2) is 16.8 Å². The van der Waals surface area contributed by atoms with Gasteiger partial charge in [-0.2, -0.15) is 5.26 Å². The van der Waals surface area contributed by atoms with Crippen molar-refractivity contribution in [1.29, 1.82) is 5.26 Å². The van der Waals surface area contributed by atoms with Crippen molar-refractivity contribution >= 4 is 33.8 Å². The molecule has 0 fully saturated rings. The molecule has 1 N–H and O–H groups in total. The zero-order valence-electron chi connectivity index (χ0n) is 12.9. The van der Waals surface area contributed by atoms with Gasteiger partial charge in [0.25, 0.3) is 5.91 Å². The molecule has 0 saturated carbocycles. The van der Waals surface area contributed by atoms with Crippen molar-refractivity contribution in [3.8, 4) is 11.8 Å². The van der Waals surface area contributed by atoms with E-state index in [0.29, 0.717) is 34.5 Å². The lowest BCUT2D eigenvalue weighted by molar-refractivity contribution is 0.102. The minimum absolute atomic E-state index is 0.306. The Labute approximate surface area is 152 Å². The van der Waals surface area contributed by atoms with E-state index in [4.69, 9.17) is 5.26 Å². The SMILES string of the molecule is N#Cc1cccc(-n2ccc(NC(=O)c3ccc(Br)cc3)c2C=O)c1. The van der Waals surface area contributed by atoms with Gasteiger partial charge in [0.2, 0.25) is 0 Å². The van der Waals surface area contributed by atoms with Gasteiger partial charge in [0, 0.05) is 21.9 Å². The summed E-state index contributed by atoms with van der Waals surface area (Å²) in [5.74, 6) is -0.306. The Morgan fingerprint density at radius 3 is 2.60 bits per heavy atom. The molecule has 25 heavy (non-hydrogen) atoms. The highest BCUT2D eigenvalue weighted by Crippen LogP contribution is 2.22. The first-order valence-corrected chi connectivity index (χ1v) is 8.15. The van der Waals surface area contributed by atoms with Gasteiger partial charge in [-0.25, -0.2) is 0 Å². The summed E-state index contributed by atoms with van der Waals surface area (Å²) < 4.78 is 2.51. The highest BCUT2D eigenvalue weighted by atomic mass is 79.9. The summed E-state index contributed by atoms with van der Waals surface area (Å²) in [7, 11) is 0. The molecule has 1 heterocycles. The number of rotatable bonds is 4. The summed E-state index contributed by atoms with van der Waals surface area (Å²) in [6, 6.07) is 17.5. The van der Waals surface area contributed by atoms with Gasteiger partial charge in [-0.3, -0.25) is 9.59 Å². The first kappa shape index (κ1) is 16.7. The maximum absolute atomic E-state index is 12.3. The summed E-state index contributed by atoms with van der Waals surface area (Å²) in [6.45, 7) is 0. The second-order valence-electron chi connectivity index (χ2n) is 5.23. The molecule has 0 saturated heterocycles. The fourth-order valence-electron chi connectivity index (χ4n) is 2.42. The minimum atomic E-state index is -0.306. The molecule has 1 amide bonds. The lowest BCUT2D eigenvalue weighted by Gasteiger charge is -2.08. The maximum atomic E-state index is 12.3. The maximum Gasteiger partial charge on any atom is 0.255 e. The van der Waals surface area contributed by atoms with Crippen LogP contribution in [0.2, 0.25) is 0 Å². The first-order valence-electron chi connectivity index (χ1n) is 7.36. The number of carbonyl (C=O) groups is 2. The van der Waals surface area contributed by atoms with E-state index in [1.54, 1.807) is 65.4 Å². The van der Waals surface area contributed by atoms with Gasteiger partial charge in [-0.15, -0.1) is 0 Å². The van der Waals surface area contributed by atoms with Gasteiger partial charge in [0.05, 0.1) is 17.3 Å². The molecular formula is C19H12BrN3O2. The molecule has 0 radical (unpaired) electrons. The van der Waals surface area contributed by atoms with Gasteiger partial charge in [-0.1, -0.05) is 22.0 Å². The number of nitriles is 1. The summed E-state index contributed by atoms with van der Waals surface area (Å²) in [5.41, 5.74) is 2.36. The molecule has 0 bridgehead atoms. The Kier molecular flexibility index (Phi) is 4.78. The largest absolute Gasteiger partial charge is 0.320 e. The zero-order valence-corrected chi connectivity index (χ0v) is 14.5. The Bertz CT molecular complexity index is 985. The first-order chi connectivity index (χ1) is 12.1. The highest BCUT2D eigenvalue weighted by Gasteiger charge is 2.14. The fourth-order valence-corrected chi connectivity index (χ4v) is 2.68. The zero-order chi connectivity index (χ0) is 17.8. The van der Waals surface area contributed by atoms with E-state index in [1.165, 1.54) is 0 Å². The number of hydrogen-bond donors (Lipinski definition) is 1. The molecule has 0 unspecified atom stereocenters. The van der Waals surface area contributed by atoms with Crippen molar-refractivity contribution in [1.82, 2.24) is 4.57 Å². The molecule has 2 aromatic carbocycles. The topological polar surface area (TPSA) is 74.9 Å². The number of carbonyl (C=O) groups excluding carboxylic acids is 2. The van der Waals surface area contributed by atoms with E-state index in [-0.39, 0.29) is 5.91 Å². The van der Waals surface area contributed by atoms with E-state index in [1.807, 2.05) is 0 Å². The second-order valence-corrected chi connectivity index (χ2v) is 6.14. The molecule has 3 aromatic rings. The summed E-state index contributed by atoms with van der Waals surface area (Å²) in [4.78, 5) is 23.9. The number of aromatic nitrogens is 1. The van der Waals surface area contributed by atoms with Crippen molar-refractivity contribution in [2.24, 2.45) is 0 Å². The monoisotopic (exact) mass is 393 g/mol. The molecule has 122 valence electrons. The third-order valence-corrected chi connectivity index (χ3v) is 4.17. The third-order valence-electron chi connectivity index (χ3n) is 3.65. The number of amides is 1. The third kappa shape index (κ3) is 3.52. The molecule has 0 aliphatic rings. The summed E-state index contributed by atoms with van der Waals surface area (Å²) in [6.07, 6.45) is 2.35. The average molecular weight is 394 g/mol. The Morgan fingerprint density at radius 1 is 1.16 bits per heavy atom. The smallest absolute Gasteiger partial charge is 0.255 e. The normalized spacial score (nSPS) is 10.1. The Morgan fingerprint density at radius 2 is 1.92 bits per heavy atom. The van der Waals surface area contributed by atoms with E-state index >= 15 is 0 Å². The van der Waals surface area contributed by atoms with Crippen LogP contribution in [0, 0.1) is 11.3 Å². The second kappa shape index (κ2) is 7.16. The molecular weight excluding hydrogens is 382 g/mol. The molecule has 0 spiro atoms. The Balaban J connectivity index is 1.92. The Hall–Kier alpha value is -3.17. The summed E-state index contributed by atoms with van der Waals surface area (Å²) >= 11 is 3.32. The van der Waals surface area contributed by atoms with E-state index in [2.05, 4.69) is 27.3 Å². The van der Waals surface area contributed by atoms with Crippen LogP contribution in [0.25, 0.3) is 5.69 Å². The predicted molar refractivity (Wildman–Crippen MR) is 98.0 cm³/mol. The highest BCUT2D eigenvalue weighted by molar-refractivity contribution is 9.10. The molecule has 1 aromatic heterocycles.